The van der Waals surface area contributed by atoms with E-state index in [1.165, 1.54) is 24.4 Å². The highest BCUT2D eigenvalue weighted by molar-refractivity contribution is 7.91. The van der Waals surface area contributed by atoms with Gasteiger partial charge in [0.25, 0.3) is 5.91 Å². The Hall–Kier alpha value is -3.43. The molecule has 10 heteroatoms. The molecule has 8 nitrogen and oxygen atoms in total. The number of amides is 1. The lowest BCUT2D eigenvalue weighted by molar-refractivity contribution is 0.0950. The predicted molar refractivity (Wildman–Crippen MR) is 123 cm³/mol. The second-order valence-electron chi connectivity index (χ2n) is 7.56. The van der Waals surface area contributed by atoms with Gasteiger partial charge in [0, 0.05) is 36.4 Å². The summed E-state index contributed by atoms with van der Waals surface area (Å²) in [7, 11) is -3.86. The number of carbonyl (C=O) groups excluding carboxylic acids is 1. The lowest BCUT2D eigenvalue weighted by Gasteiger charge is -2.15. The molecule has 0 saturated heterocycles. The van der Waals surface area contributed by atoms with E-state index in [1.54, 1.807) is 47.3 Å². The van der Waals surface area contributed by atoms with Gasteiger partial charge in [0.05, 0.1) is 16.6 Å². The van der Waals surface area contributed by atoms with E-state index < -0.39 is 9.84 Å². The van der Waals surface area contributed by atoms with Crippen molar-refractivity contribution in [2.75, 3.05) is 0 Å². The molecule has 2 aromatic carbocycles. The van der Waals surface area contributed by atoms with Crippen LogP contribution in [0.5, 0.6) is 5.75 Å². The Morgan fingerprint density at radius 2 is 1.91 bits per heavy atom. The Morgan fingerprint density at radius 1 is 1.15 bits per heavy atom. The molecule has 0 spiro atoms. The molecular weight excluding hydrogens is 464 g/mol. The molecule has 1 amide bonds. The SMILES string of the molecule is CC(C)Oc1ccc(Cl)cc1S(=O)(=O)c1ccc(CNC(=O)c2cnc3nccn3c2)cc1. The second-order valence-corrected chi connectivity index (χ2v) is 9.92. The molecule has 170 valence electrons. The summed E-state index contributed by atoms with van der Waals surface area (Å²) >= 11 is 6.05. The van der Waals surface area contributed by atoms with Crippen LogP contribution in [-0.4, -0.2) is 34.8 Å². The number of fused-ring (bicyclic) bond motifs is 1. The first-order valence-electron chi connectivity index (χ1n) is 10.1. The maximum absolute atomic E-state index is 13.2. The number of aromatic nitrogens is 3. The molecule has 0 bridgehead atoms. The highest BCUT2D eigenvalue weighted by Crippen LogP contribution is 2.32. The van der Waals surface area contributed by atoms with Crippen molar-refractivity contribution in [1.29, 1.82) is 0 Å². The average Bonchev–Trinajstić information content (AvgIpc) is 3.26. The van der Waals surface area contributed by atoms with Crippen LogP contribution in [0.2, 0.25) is 5.02 Å². The molecule has 0 aliphatic carbocycles. The number of nitrogens with one attached hydrogen (secondary N) is 1. The molecule has 0 aliphatic rings. The number of hydrogen-bond acceptors (Lipinski definition) is 6. The summed E-state index contributed by atoms with van der Waals surface area (Å²) in [4.78, 5) is 20.7. The fourth-order valence-corrected chi connectivity index (χ4v) is 4.82. The molecule has 4 aromatic rings. The third kappa shape index (κ3) is 4.99. The molecule has 2 aromatic heterocycles. The smallest absolute Gasteiger partial charge is 0.254 e. The topological polar surface area (TPSA) is 103 Å². The van der Waals surface area contributed by atoms with Gasteiger partial charge in [-0.05, 0) is 49.7 Å². The van der Waals surface area contributed by atoms with Gasteiger partial charge in [-0.1, -0.05) is 23.7 Å². The molecular formula is C23H21ClN4O4S. The monoisotopic (exact) mass is 484 g/mol. The maximum Gasteiger partial charge on any atom is 0.254 e. The Labute approximate surface area is 196 Å². The number of halogens is 1. The number of carbonyl (C=O) groups is 1. The van der Waals surface area contributed by atoms with Crippen molar-refractivity contribution in [3.8, 4) is 5.75 Å². The number of benzene rings is 2. The summed E-state index contributed by atoms with van der Waals surface area (Å²) < 4.78 is 33.7. The predicted octanol–water partition coefficient (Wildman–Crippen LogP) is 3.93. The lowest BCUT2D eigenvalue weighted by Crippen LogP contribution is -2.23. The van der Waals surface area contributed by atoms with Crippen LogP contribution in [0.3, 0.4) is 0 Å². The van der Waals surface area contributed by atoms with Gasteiger partial charge in [-0.2, -0.15) is 0 Å². The van der Waals surface area contributed by atoms with Gasteiger partial charge in [-0.3, -0.25) is 9.20 Å². The van der Waals surface area contributed by atoms with E-state index in [1.807, 2.05) is 13.8 Å². The van der Waals surface area contributed by atoms with Crippen molar-refractivity contribution in [3.05, 3.63) is 83.4 Å². The van der Waals surface area contributed by atoms with Gasteiger partial charge in [-0.15, -0.1) is 0 Å². The van der Waals surface area contributed by atoms with Gasteiger partial charge in [0.2, 0.25) is 15.6 Å². The highest BCUT2D eigenvalue weighted by Gasteiger charge is 2.23. The lowest BCUT2D eigenvalue weighted by atomic mass is 10.2. The fraction of sp³-hybridized carbons (Fsp3) is 0.174. The minimum absolute atomic E-state index is 0.00662. The van der Waals surface area contributed by atoms with Crippen molar-refractivity contribution in [2.45, 2.75) is 36.3 Å². The first-order valence-corrected chi connectivity index (χ1v) is 12.0. The van der Waals surface area contributed by atoms with E-state index in [4.69, 9.17) is 16.3 Å². The first-order chi connectivity index (χ1) is 15.7. The van der Waals surface area contributed by atoms with Gasteiger partial charge in [-0.25, -0.2) is 18.4 Å². The van der Waals surface area contributed by atoms with Crippen molar-refractivity contribution < 1.29 is 17.9 Å². The Bertz CT molecular complexity index is 1420. The van der Waals surface area contributed by atoms with Gasteiger partial charge in [0.15, 0.2) is 0 Å². The first kappa shape index (κ1) is 22.8. The van der Waals surface area contributed by atoms with Gasteiger partial charge in [0.1, 0.15) is 10.6 Å². The number of nitrogens with zero attached hydrogens (tertiary/aromatic N) is 3. The normalized spacial score (nSPS) is 11.6. The van der Waals surface area contributed by atoms with E-state index >= 15 is 0 Å². The molecule has 4 rings (SSSR count). The van der Waals surface area contributed by atoms with Crippen LogP contribution in [0, 0.1) is 0 Å². The summed E-state index contributed by atoms with van der Waals surface area (Å²) in [6.45, 7) is 3.86. The van der Waals surface area contributed by atoms with Crippen molar-refractivity contribution in [1.82, 2.24) is 19.7 Å². The third-order valence-electron chi connectivity index (χ3n) is 4.75. The standard InChI is InChI=1S/C23H21ClN4O4S/c1-15(2)32-20-8-5-18(24)11-21(20)33(30,31)19-6-3-16(4-7-19)12-26-22(29)17-13-27-23-25-9-10-28(23)14-17/h3-11,13-15H,12H2,1-2H3,(H,26,29). The van der Waals surface area contributed by atoms with Gasteiger partial charge < -0.3 is 10.1 Å². The quantitative estimate of drug-likeness (QED) is 0.426. The van der Waals surface area contributed by atoms with Crippen LogP contribution in [0.25, 0.3) is 5.78 Å². The zero-order valence-electron chi connectivity index (χ0n) is 17.9. The Balaban J connectivity index is 1.50. The Morgan fingerprint density at radius 3 is 2.64 bits per heavy atom. The van der Waals surface area contributed by atoms with E-state index in [0.717, 1.165) is 5.56 Å². The number of imidazole rings is 1. The molecule has 0 aliphatic heterocycles. The molecule has 0 radical (unpaired) electrons. The fourth-order valence-electron chi connectivity index (χ4n) is 3.17. The summed E-state index contributed by atoms with van der Waals surface area (Å²) in [6, 6.07) is 10.8. The van der Waals surface area contributed by atoms with Crippen LogP contribution in [0.4, 0.5) is 0 Å². The van der Waals surface area contributed by atoms with Crippen LogP contribution >= 0.6 is 11.6 Å². The molecule has 0 unspecified atom stereocenters. The van der Waals surface area contributed by atoms with E-state index in [2.05, 4.69) is 15.3 Å². The minimum atomic E-state index is -3.86. The number of hydrogen-bond donors (Lipinski definition) is 1. The summed E-state index contributed by atoms with van der Waals surface area (Å²) in [6.07, 6.45) is 6.20. The maximum atomic E-state index is 13.2. The van der Waals surface area contributed by atoms with Crippen LogP contribution in [0.15, 0.2) is 77.0 Å². The highest BCUT2D eigenvalue weighted by atomic mass is 35.5. The molecule has 1 N–H and O–H groups in total. The van der Waals surface area contributed by atoms with E-state index in [9.17, 15) is 13.2 Å². The number of sulfone groups is 1. The molecule has 33 heavy (non-hydrogen) atoms. The molecule has 0 saturated carbocycles. The third-order valence-corrected chi connectivity index (χ3v) is 6.78. The summed E-state index contributed by atoms with van der Waals surface area (Å²) in [5, 5.41) is 3.10. The summed E-state index contributed by atoms with van der Waals surface area (Å²) in [5.74, 6) is 0.448. The molecule has 0 fully saturated rings. The second kappa shape index (κ2) is 9.21. The minimum Gasteiger partial charge on any atom is -0.490 e. The largest absolute Gasteiger partial charge is 0.490 e. The number of rotatable bonds is 7. The van der Waals surface area contributed by atoms with E-state index in [0.29, 0.717) is 16.4 Å². The van der Waals surface area contributed by atoms with Crippen molar-refractivity contribution >= 4 is 33.1 Å². The molecule has 0 atom stereocenters. The number of ether oxygens (including phenoxy) is 1. The van der Waals surface area contributed by atoms with Crippen molar-refractivity contribution in [2.24, 2.45) is 0 Å². The molecule has 2 heterocycles. The average molecular weight is 485 g/mol. The van der Waals surface area contributed by atoms with Crippen LogP contribution in [-0.2, 0) is 16.4 Å². The zero-order valence-corrected chi connectivity index (χ0v) is 19.5. The van der Waals surface area contributed by atoms with Crippen LogP contribution in [0.1, 0.15) is 29.8 Å². The zero-order chi connectivity index (χ0) is 23.6. The Kier molecular flexibility index (Phi) is 6.35. The van der Waals surface area contributed by atoms with E-state index in [-0.39, 0.29) is 34.1 Å². The van der Waals surface area contributed by atoms with Crippen LogP contribution < -0.4 is 10.1 Å². The summed E-state index contributed by atoms with van der Waals surface area (Å²) in [5.41, 5.74) is 1.13. The van der Waals surface area contributed by atoms with Gasteiger partial charge >= 0.3 is 0 Å². The van der Waals surface area contributed by atoms with Crippen molar-refractivity contribution in [3.63, 3.8) is 0 Å².